The van der Waals surface area contributed by atoms with Gasteiger partial charge in [-0.3, -0.25) is 14.7 Å². The van der Waals surface area contributed by atoms with Crippen LogP contribution in [0.4, 0.5) is 0 Å². The van der Waals surface area contributed by atoms with E-state index >= 15 is 0 Å². The number of hydrogen-bond acceptors (Lipinski definition) is 4. The van der Waals surface area contributed by atoms with Crippen molar-refractivity contribution in [3.8, 4) is 5.75 Å². The van der Waals surface area contributed by atoms with Crippen LogP contribution in [0.15, 0.2) is 83.9 Å². The summed E-state index contributed by atoms with van der Waals surface area (Å²) in [5.41, 5.74) is 3.14. The van der Waals surface area contributed by atoms with Gasteiger partial charge >= 0.3 is 0 Å². The van der Waals surface area contributed by atoms with E-state index in [2.05, 4.69) is 28.9 Å². The Bertz CT molecular complexity index is 1310. The summed E-state index contributed by atoms with van der Waals surface area (Å²) in [4.78, 5) is 18.6. The first-order valence-corrected chi connectivity index (χ1v) is 12.6. The predicted molar refractivity (Wildman–Crippen MR) is 143 cm³/mol. The van der Waals surface area contributed by atoms with Gasteiger partial charge in [0.1, 0.15) is 5.75 Å². The third-order valence-corrected chi connectivity index (χ3v) is 6.69. The number of hydrogen-bond donors (Lipinski definition) is 0. The molecule has 0 spiro atoms. The Labute approximate surface area is 211 Å². The summed E-state index contributed by atoms with van der Waals surface area (Å²) in [6, 6.07) is 21.5. The van der Waals surface area contributed by atoms with Crippen LogP contribution in [0.25, 0.3) is 10.9 Å². The van der Waals surface area contributed by atoms with E-state index in [0.717, 1.165) is 59.5 Å². The van der Waals surface area contributed by atoms with Gasteiger partial charge in [0.05, 0.1) is 5.52 Å². The van der Waals surface area contributed by atoms with Crippen LogP contribution in [0.3, 0.4) is 0 Å². The van der Waals surface area contributed by atoms with Crippen molar-refractivity contribution in [3.05, 3.63) is 106 Å². The molecule has 0 aliphatic carbocycles. The first kappa shape index (κ1) is 25.0. The minimum atomic E-state index is -0.118. The van der Waals surface area contributed by atoms with Gasteiger partial charge in [-0.1, -0.05) is 49.2 Å². The average molecular weight is 490 g/mol. The summed E-state index contributed by atoms with van der Waals surface area (Å²) >= 11 is 6.54. The smallest absolute Gasteiger partial charge is 0.250 e. The Morgan fingerprint density at radius 3 is 2.71 bits per heavy atom. The maximum absolute atomic E-state index is 12.0. The van der Waals surface area contributed by atoms with E-state index in [0.29, 0.717) is 6.54 Å². The zero-order valence-electron chi connectivity index (χ0n) is 20.4. The van der Waals surface area contributed by atoms with Crippen LogP contribution in [0, 0.1) is 0 Å². The monoisotopic (exact) mass is 489 g/mol. The Morgan fingerprint density at radius 2 is 1.94 bits per heavy atom. The molecule has 0 bridgehead atoms. The molecule has 4 rings (SSSR count). The largest absolute Gasteiger partial charge is 0.475 e. The summed E-state index contributed by atoms with van der Waals surface area (Å²) < 4.78 is 8.30. The minimum absolute atomic E-state index is 0.0201. The topological polar surface area (TPSA) is 47.4 Å². The molecule has 0 saturated heterocycles. The van der Waals surface area contributed by atoms with E-state index in [9.17, 15) is 4.79 Å². The number of rotatable bonds is 11. The number of halogens is 1. The molecule has 4 aromatic rings. The molecule has 0 N–H and O–H groups in total. The lowest BCUT2D eigenvalue weighted by atomic mass is 10.1. The highest BCUT2D eigenvalue weighted by atomic mass is 35.5. The SMILES string of the molecule is CCCCC(Oc1ccc2c(ccc(=O)n2C)c1)N(CCc1cccnc1)Cc1ccccc1Cl. The lowest BCUT2D eigenvalue weighted by molar-refractivity contribution is 0.0117. The van der Waals surface area contributed by atoms with E-state index in [1.54, 1.807) is 23.9 Å². The quantitative estimate of drug-likeness (QED) is 0.234. The van der Waals surface area contributed by atoms with Gasteiger partial charge in [0, 0.05) is 49.0 Å². The molecule has 0 aliphatic rings. The normalized spacial score (nSPS) is 12.2. The van der Waals surface area contributed by atoms with Crippen LogP contribution in [0.2, 0.25) is 5.02 Å². The van der Waals surface area contributed by atoms with Crippen LogP contribution in [0.1, 0.15) is 37.3 Å². The van der Waals surface area contributed by atoms with Gasteiger partial charge in [0.15, 0.2) is 6.23 Å². The molecule has 0 radical (unpaired) electrons. The van der Waals surface area contributed by atoms with Gasteiger partial charge in [0.25, 0.3) is 5.56 Å². The van der Waals surface area contributed by atoms with E-state index < -0.39 is 0 Å². The molecule has 0 aliphatic heterocycles. The van der Waals surface area contributed by atoms with Crippen molar-refractivity contribution in [2.24, 2.45) is 7.05 Å². The molecule has 1 atom stereocenters. The van der Waals surface area contributed by atoms with Crippen molar-refractivity contribution in [3.63, 3.8) is 0 Å². The average Bonchev–Trinajstić information content (AvgIpc) is 2.88. The fourth-order valence-electron chi connectivity index (χ4n) is 4.28. The molecule has 0 saturated carbocycles. The Balaban J connectivity index is 1.62. The maximum atomic E-state index is 12.0. The third kappa shape index (κ3) is 6.50. The number of fused-ring (bicyclic) bond motifs is 1. The third-order valence-electron chi connectivity index (χ3n) is 6.32. The number of pyridine rings is 2. The van der Waals surface area contributed by atoms with Gasteiger partial charge in [-0.05, 0) is 66.8 Å². The molecule has 2 aromatic carbocycles. The maximum Gasteiger partial charge on any atom is 0.250 e. The van der Waals surface area contributed by atoms with E-state index in [1.807, 2.05) is 54.7 Å². The zero-order chi connectivity index (χ0) is 24.6. The van der Waals surface area contributed by atoms with Gasteiger partial charge in [-0.25, -0.2) is 0 Å². The summed E-state index contributed by atoms with van der Waals surface area (Å²) in [7, 11) is 1.79. The van der Waals surface area contributed by atoms with Crippen LogP contribution in [-0.4, -0.2) is 27.2 Å². The number of benzene rings is 2. The lowest BCUT2D eigenvalue weighted by Gasteiger charge is -2.32. The number of aromatic nitrogens is 2. The van der Waals surface area contributed by atoms with Crippen molar-refractivity contribution >= 4 is 22.5 Å². The lowest BCUT2D eigenvalue weighted by Crippen LogP contribution is -2.40. The molecule has 5 nitrogen and oxygen atoms in total. The summed E-state index contributed by atoms with van der Waals surface area (Å²) in [5, 5.41) is 1.74. The van der Waals surface area contributed by atoms with Crippen molar-refractivity contribution in [2.45, 2.75) is 45.4 Å². The summed E-state index contributed by atoms with van der Waals surface area (Å²) in [6.07, 6.45) is 7.51. The molecule has 0 amide bonds. The standard InChI is InChI=1S/C29H32ClN3O2/c1-3-4-11-29(35-25-13-14-27-23(19-25)12-15-28(34)32(27)2)33(18-16-22-8-7-17-31-20-22)21-24-9-5-6-10-26(24)30/h5-10,12-15,17,19-20,29H,3-4,11,16,18,21H2,1-2H3. The fraction of sp³-hybridized carbons (Fsp3) is 0.310. The van der Waals surface area contributed by atoms with Gasteiger partial charge in [0.2, 0.25) is 0 Å². The summed E-state index contributed by atoms with van der Waals surface area (Å²) in [6.45, 7) is 3.70. The van der Waals surface area contributed by atoms with Crippen LogP contribution in [-0.2, 0) is 20.0 Å². The highest BCUT2D eigenvalue weighted by Gasteiger charge is 2.21. The zero-order valence-corrected chi connectivity index (χ0v) is 21.1. The molecule has 6 heteroatoms. The molecule has 182 valence electrons. The molecular weight excluding hydrogens is 458 g/mol. The van der Waals surface area contributed by atoms with E-state index in [4.69, 9.17) is 16.3 Å². The molecular formula is C29H32ClN3O2. The first-order valence-electron chi connectivity index (χ1n) is 12.2. The fourth-order valence-corrected chi connectivity index (χ4v) is 4.47. The summed E-state index contributed by atoms with van der Waals surface area (Å²) in [5.74, 6) is 0.794. The molecule has 2 heterocycles. The Hall–Kier alpha value is -3.15. The second kappa shape index (κ2) is 12.0. The molecule has 1 unspecified atom stereocenters. The first-order chi connectivity index (χ1) is 17.0. The Morgan fingerprint density at radius 1 is 1.09 bits per heavy atom. The van der Waals surface area contributed by atoms with Gasteiger partial charge < -0.3 is 9.30 Å². The minimum Gasteiger partial charge on any atom is -0.475 e. The van der Waals surface area contributed by atoms with Crippen LogP contribution < -0.4 is 10.3 Å². The number of nitrogens with zero attached hydrogens (tertiary/aromatic N) is 3. The van der Waals surface area contributed by atoms with Gasteiger partial charge in [-0.15, -0.1) is 0 Å². The highest BCUT2D eigenvalue weighted by Crippen LogP contribution is 2.25. The van der Waals surface area contributed by atoms with Crippen LogP contribution >= 0.6 is 11.6 Å². The number of ether oxygens (including phenoxy) is 1. The van der Waals surface area contributed by atoms with E-state index in [1.165, 1.54) is 5.56 Å². The van der Waals surface area contributed by atoms with Crippen molar-refractivity contribution in [1.29, 1.82) is 0 Å². The van der Waals surface area contributed by atoms with Crippen molar-refractivity contribution in [1.82, 2.24) is 14.5 Å². The molecule has 2 aromatic heterocycles. The second-order valence-electron chi connectivity index (χ2n) is 8.84. The van der Waals surface area contributed by atoms with Crippen molar-refractivity contribution in [2.75, 3.05) is 6.54 Å². The number of aryl methyl sites for hydroxylation is 1. The second-order valence-corrected chi connectivity index (χ2v) is 9.25. The van der Waals surface area contributed by atoms with E-state index in [-0.39, 0.29) is 11.8 Å². The number of unbranched alkanes of at least 4 members (excludes halogenated alkanes) is 1. The highest BCUT2D eigenvalue weighted by molar-refractivity contribution is 6.31. The molecule has 35 heavy (non-hydrogen) atoms. The van der Waals surface area contributed by atoms with Gasteiger partial charge in [-0.2, -0.15) is 0 Å². The van der Waals surface area contributed by atoms with Crippen LogP contribution in [0.5, 0.6) is 5.75 Å². The Kier molecular flexibility index (Phi) is 8.56. The van der Waals surface area contributed by atoms with Crippen molar-refractivity contribution < 1.29 is 4.74 Å². The predicted octanol–water partition coefficient (Wildman–Crippen LogP) is 6.23. The molecule has 0 fully saturated rings.